The quantitative estimate of drug-likeness (QED) is 0.895. The Hall–Kier alpha value is -1.99. The van der Waals surface area contributed by atoms with Gasteiger partial charge < -0.3 is 0 Å². The molecule has 0 unspecified atom stereocenters. The number of benzene rings is 1. The molecule has 1 fully saturated rings. The van der Waals surface area contributed by atoms with Crippen LogP contribution in [0.4, 0.5) is 0 Å². The summed E-state index contributed by atoms with van der Waals surface area (Å²) in [5.74, 6) is 0. The average Bonchev–Trinajstić information content (AvgIpc) is 3.00. The molecule has 0 bridgehead atoms. The minimum atomic E-state index is -3.56. The third kappa shape index (κ3) is 3.51. The van der Waals surface area contributed by atoms with Gasteiger partial charge in [-0.1, -0.05) is 25.0 Å². The molecule has 2 aromatic rings. The topological polar surface area (TPSA) is 91.9 Å². The lowest BCUT2D eigenvalue weighted by atomic mass is 10.1. The summed E-state index contributed by atoms with van der Waals surface area (Å²) < 4.78 is 28.1. The average molecular weight is 333 g/mol. The fourth-order valence-electron chi connectivity index (χ4n) is 2.88. The lowest BCUT2D eigenvalue weighted by Crippen LogP contribution is -2.33. The molecule has 1 aliphatic carbocycles. The van der Waals surface area contributed by atoms with Gasteiger partial charge in [0.05, 0.1) is 10.6 Å². The Bertz CT molecular complexity index is 848. The van der Waals surface area contributed by atoms with E-state index in [9.17, 15) is 13.2 Å². The number of aromatic nitrogens is 2. The summed E-state index contributed by atoms with van der Waals surface area (Å²) >= 11 is 0. The third-order valence-corrected chi connectivity index (χ3v) is 5.79. The summed E-state index contributed by atoms with van der Waals surface area (Å²) in [6.45, 7) is 1.77. The van der Waals surface area contributed by atoms with Gasteiger partial charge in [0.15, 0.2) is 0 Å². The van der Waals surface area contributed by atoms with Gasteiger partial charge in [0.1, 0.15) is 0 Å². The molecule has 122 valence electrons. The van der Waals surface area contributed by atoms with Crippen molar-refractivity contribution in [2.75, 3.05) is 0 Å². The van der Waals surface area contributed by atoms with E-state index < -0.39 is 10.0 Å². The van der Waals surface area contributed by atoms with Crippen molar-refractivity contribution in [2.24, 2.45) is 0 Å². The van der Waals surface area contributed by atoms with Crippen LogP contribution in [0.3, 0.4) is 0 Å². The van der Waals surface area contributed by atoms with E-state index in [2.05, 4.69) is 14.9 Å². The predicted octanol–water partition coefficient (Wildman–Crippen LogP) is 1.97. The Morgan fingerprint density at radius 2 is 1.91 bits per heavy atom. The molecule has 0 atom stereocenters. The number of aromatic amines is 1. The van der Waals surface area contributed by atoms with E-state index in [4.69, 9.17) is 0 Å². The van der Waals surface area contributed by atoms with Crippen LogP contribution in [0.5, 0.6) is 0 Å². The monoisotopic (exact) mass is 333 g/mol. The zero-order valence-electron chi connectivity index (χ0n) is 12.9. The maximum absolute atomic E-state index is 12.7. The summed E-state index contributed by atoms with van der Waals surface area (Å²) in [5.41, 5.74) is 1.57. The summed E-state index contributed by atoms with van der Waals surface area (Å²) in [6, 6.07) is 8.12. The van der Waals surface area contributed by atoms with Gasteiger partial charge in [-0.25, -0.2) is 18.2 Å². The van der Waals surface area contributed by atoms with Gasteiger partial charge in [0, 0.05) is 17.7 Å². The van der Waals surface area contributed by atoms with Crippen LogP contribution in [0.15, 0.2) is 40.0 Å². The lowest BCUT2D eigenvalue weighted by Gasteiger charge is -2.15. The first-order valence-corrected chi connectivity index (χ1v) is 9.13. The molecule has 1 aliphatic rings. The van der Waals surface area contributed by atoms with Gasteiger partial charge in [-0.3, -0.25) is 4.79 Å². The molecule has 0 radical (unpaired) electrons. The van der Waals surface area contributed by atoms with Crippen LogP contribution in [0, 0.1) is 6.92 Å². The van der Waals surface area contributed by atoms with Gasteiger partial charge >= 0.3 is 0 Å². The fourth-order valence-corrected chi connectivity index (χ4v) is 4.46. The second-order valence-electron chi connectivity index (χ2n) is 5.89. The highest BCUT2D eigenvalue weighted by atomic mass is 32.2. The lowest BCUT2D eigenvalue weighted by molar-refractivity contribution is 0.551. The largest absolute Gasteiger partial charge is 0.268 e. The number of H-pyrrole nitrogens is 1. The van der Waals surface area contributed by atoms with Crippen LogP contribution in [-0.4, -0.2) is 24.7 Å². The molecule has 0 aliphatic heterocycles. The second kappa shape index (κ2) is 6.25. The van der Waals surface area contributed by atoms with E-state index in [1.807, 2.05) is 0 Å². The first-order chi connectivity index (χ1) is 11.0. The first-order valence-electron chi connectivity index (χ1n) is 7.65. The molecule has 23 heavy (non-hydrogen) atoms. The normalized spacial score (nSPS) is 15.9. The Kier molecular flexibility index (Phi) is 4.32. The van der Waals surface area contributed by atoms with E-state index in [1.165, 1.54) is 6.07 Å². The molecule has 0 amide bonds. The summed E-state index contributed by atoms with van der Waals surface area (Å²) in [5, 5.41) is 6.31. The molecule has 1 aromatic carbocycles. The molecule has 0 saturated heterocycles. The number of nitrogens with zero attached hydrogens (tertiary/aromatic N) is 1. The highest BCUT2D eigenvalue weighted by Crippen LogP contribution is 2.25. The minimum Gasteiger partial charge on any atom is -0.268 e. The fraction of sp³-hybridized carbons (Fsp3) is 0.375. The Labute approximate surface area is 135 Å². The van der Waals surface area contributed by atoms with Crippen LogP contribution < -0.4 is 10.3 Å². The van der Waals surface area contributed by atoms with Crippen LogP contribution in [0.25, 0.3) is 11.3 Å². The number of sulfonamides is 1. The van der Waals surface area contributed by atoms with Crippen molar-refractivity contribution in [1.82, 2.24) is 14.9 Å². The van der Waals surface area contributed by atoms with Crippen molar-refractivity contribution >= 4 is 10.0 Å². The third-order valence-electron chi connectivity index (χ3n) is 4.13. The van der Waals surface area contributed by atoms with Crippen molar-refractivity contribution in [2.45, 2.75) is 43.5 Å². The predicted molar refractivity (Wildman–Crippen MR) is 87.6 cm³/mol. The van der Waals surface area contributed by atoms with Crippen LogP contribution in [0.1, 0.15) is 31.2 Å². The minimum absolute atomic E-state index is 0.0225. The van der Waals surface area contributed by atoms with E-state index in [0.29, 0.717) is 16.8 Å². The van der Waals surface area contributed by atoms with Crippen molar-refractivity contribution in [3.63, 3.8) is 0 Å². The summed E-state index contributed by atoms with van der Waals surface area (Å²) in [7, 11) is -3.56. The molecule has 7 heteroatoms. The van der Waals surface area contributed by atoms with E-state index in [1.54, 1.807) is 31.2 Å². The summed E-state index contributed by atoms with van der Waals surface area (Å²) in [4.78, 5) is 11.4. The molecule has 3 rings (SSSR count). The van der Waals surface area contributed by atoms with Gasteiger partial charge in [0.25, 0.3) is 5.56 Å². The highest BCUT2D eigenvalue weighted by Gasteiger charge is 2.24. The SMILES string of the molecule is Cc1ccc(-c2ccc(=O)[nH]n2)cc1S(=O)(=O)NC1CCCC1. The molecular weight excluding hydrogens is 314 g/mol. The number of aryl methyl sites for hydroxylation is 1. The standard InChI is InChI=1S/C16H19N3O3S/c1-11-6-7-12(14-8-9-16(20)18-17-14)10-15(11)23(21,22)19-13-4-2-3-5-13/h6-10,13,19H,2-5H2,1H3,(H,18,20). The molecule has 1 aromatic heterocycles. The molecule has 2 N–H and O–H groups in total. The summed E-state index contributed by atoms with van der Waals surface area (Å²) in [6.07, 6.45) is 3.90. The van der Waals surface area contributed by atoms with E-state index in [-0.39, 0.29) is 16.5 Å². The van der Waals surface area contributed by atoms with Crippen LogP contribution >= 0.6 is 0 Å². The van der Waals surface area contributed by atoms with E-state index >= 15 is 0 Å². The number of hydrogen-bond donors (Lipinski definition) is 2. The van der Waals surface area contributed by atoms with E-state index in [0.717, 1.165) is 25.7 Å². The molecular formula is C16H19N3O3S. The second-order valence-corrected chi connectivity index (χ2v) is 7.57. The van der Waals surface area contributed by atoms with Crippen LogP contribution in [0.2, 0.25) is 0 Å². The molecule has 1 heterocycles. The van der Waals surface area contributed by atoms with Crippen molar-refractivity contribution in [3.05, 3.63) is 46.2 Å². The highest BCUT2D eigenvalue weighted by molar-refractivity contribution is 7.89. The van der Waals surface area contributed by atoms with Gasteiger partial charge in [-0.2, -0.15) is 5.10 Å². The van der Waals surface area contributed by atoms with Crippen molar-refractivity contribution < 1.29 is 8.42 Å². The molecule has 0 spiro atoms. The zero-order valence-corrected chi connectivity index (χ0v) is 13.7. The Balaban J connectivity index is 1.96. The van der Waals surface area contributed by atoms with Crippen molar-refractivity contribution in [3.8, 4) is 11.3 Å². The zero-order chi connectivity index (χ0) is 16.4. The number of hydrogen-bond acceptors (Lipinski definition) is 4. The maximum Gasteiger partial charge on any atom is 0.264 e. The first kappa shape index (κ1) is 15.9. The van der Waals surface area contributed by atoms with Crippen LogP contribution in [-0.2, 0) is 10.0 Å². The smallest absolute Gasteiger partial charge is 0.264 e. The number of nitrogens with one attached hydrogen (secondary N) is 2. The molecule has 1 saturated carbocycles. The molecule has 6 nitrogen and oxygen atoms in total. The number of rotatable bonds is 4. The Morgan fingerprint density at radius 3 is 2.57 bits per heavy atom. The van der Waals surface area contributed by atoms with Gasteiger partial charge in [-0.05, 0) is 37.5 Å². The van der Waals surface area contributed by atoms with Gasteiger partial charge in [-0.15, -0.1) is 0 Å². The van der Waals surface area contributed by atoms with Gasteiger partial charge in [0.2, 0.25) is 10.0 Å². The van der Waals surface area contributed by atoms with Crippen molar-refractivity contribution in [1.29, 1.82) is 0 Å². The Morgan fingerprint density at radius 1 is 1.17 bits per heavy atom. The maximum atomic E-state index is 12.7.